The van der Waals surface area contributed by atoms with Crippen LogP contribution in [0.25, 0.3) is 6.08 Å². The monoisotopic (exact) mass is 199 g/mol. The van der Waals surface area contributed by atoms with Gasteiger partial charge in [0.05, 0.1) is 5.69 Å². The molecule has 0 saturated heterocycles. The van der Waals surface area contributed by atoms with Crippen molar-refractivity contribution in [1.82, 2.24) is 4.98 Å². The largest absolute Gasteiger partial charge is 0.478 e. The van der Waals surface area contributed by atoms with Crippen molar-refractivity contribution in [2.45, 2.75) is 6.92 Å². The van der Waals surface area contributed by atoms with Gasteiger partial charge < -0.3 is 5.11 Å². The second kappa shape index (κ2) is 5.32. The topological polar surface area (TPSA) is 50.2 Å². The summed E-state index contributed by atoms with van der Waals surface area (Å²) in [6.45, 7) is 1.88. The first-order chi connectivity index (χ1) is 5.70. The molecule has 1 rings (SSSR count). The van der Waals surface area contributed by atoms with E-state index in [1.165, 1.54) is 6.08 Å². The van der Waals surface area contributed by atoms with Crippen molar-refractivity contribution in [2.75, 3.05) is 0 Å². The van der Waals surface area contributed by atoms with Crippen LogP contribution in [0.15, 0.2) is 24.4 Å². The quantitative estimate of drug-likeness (QED) is 0.741. The maximum Gasteiger partial charge on any atom is 0.328 e. The van der Waals surface area contributed by atoms with Crippen LogP contribution in [0.2, 0.25) is 0 Å². The lowest BCUT2D eigenvalue weighted by Gasteiger charge is -1.95. The van der Waals surface area contributed by atoms with Crippen molar-refractivity contribution in [3.8, 4) is 0 Å². The second-order valence-electron chi connectivity index (χ2n) is 2.38. The zero-order valence-corrected chi connectivity index (χ0v) is 7.91. The number of aliphatic carboxylic acids is 1. The Morgan fingerprint density at radius 2 is 2.31 bits per heavy atom. The molecule has 3 nitrogen and oxygen atoms in total. The molecule has 0 radical (unpaired) electrons. The Bertz CT molecular complexity index is 323. The number of carboxylic acid groups (broad SMARTS) is 1. The first-order valence-electron chi connectivity index (χ1n) is 3.53. The van der Waals surface area contributed by atoms with Crippen LogP contribution < -0.4 is 0 Å². The molecule has 0 bridgehead atoms. The van der Waals surface area contributed by atoms with Crippen molar-refractivity contribution in [3.05, 3.63) is 35.7 Å². The number of pyridine rings is 1. The highest BCUT2D eigenvalue weighted by Gasteiger charge is 1.93. The number of halogens is 1. The van der Waals surface area contributed by atoms with Gasteiger partial charge in [-0.2, -0.15) is 0 Å². The molecule has 0 aromatic carbocycles. The highest BCUT2D eigenvalue weighted by Crippen LogP contribution is 2.04. The van der Waals surface area contributed by atoms with Crippen molar-refractivity contribution in [3.63, 3.8) is 0 Å². The zero-order chi connectivity index (χ0) is 8.97. The van der Waals surface area contributed by atoms with Gasteiger partial charge in [-0.1, -0.05) is 6.07 Å². The minimum atomic E-state index is -0.958. The average Bonchev–Trinajstić information content (AvgIpc) is 2.03. The van der Waals surface area contributed by atoms with Gasteiger partial charge in [0.15, 0.2) is 0 Å². The molecule has 4 heteroatoms. The summed E-state index contributed by atoms with van der Waals surface area (Å²) in [5.74, 6) is -0.958. The lowest BCUT2D eigenvalue weighted by Crippen LogP contribution is -1.88. The van der Waals surface area contributed by atoms with E-state index >= 15 is 0 Å². The predicted molar refractivity (Wildman–Crippen MR) is 52.9 cm³/mol. The lowest BCUT2D eigenvalue weighted by molar-refractivity contribution is -0.131. The minimum absolute atomic E-state index is 0. The summed E-state index contributed by atoms with van der Waals surface area (Å²) in [5, 5.41) is 8.35. The lowest BCUT2D eigenvalue weighted by atomic mass is 10.2. The number of rotatable bonds is 2. The third-order valence-corrected chi connectivity index (χ3v) is 1.43. The second-order valence-corrected chi connectivity index (χ2v) is 2.38. The molecule has 0 amide bonds. The summed E-state index contributed by atoms with van der Waals surface area (Å²) in [6.07, 6.45) is 4.20. The van der Waals surface area contributed by atoms with Gasteiger partial charge >= 0.3 is 5.97 Å². The fourth-order valence-electron chi connectivity index (χ4n) is 0.823. The summed E-state index contributed by atoms with van der Waals surface area (Å²) in [4.78, 5) is 14.2. The molecular weight excluding hydrogens is 190 g/mol. The Morgan fingerprint density at radius 1 is 1.62 bits per heavy atom. The van der Waals surface area contributed by atoms with E-state index in [0.717, 1.165) is 11.6 Å². The van der Waals surface area contributed by atoms with Gasteiger partial charge in [0.1, 0.15) is 0 Å². The van der Waals surface area contributed by atoms with Crippen LogP contribution in [0.3, 0.4) is 0 Å². The van der Waals surface area contributed by atoms with Crippen LogP contribution >= 0.6 is 12.4 Å². The van der Waals surface area contributed by atoms with Crippen LogP contribution in [-0.4, -0.2) is 16.1 Å². The third-order valence-electron chi connectivity index (χ3n) is 1.43. The number of nitrogens with zero attached hydrogens (tertiary/aromatic N) is 1. The molecule has 0 unspecified atom stereocenters. The number of aromatic nitrogens is 1. The standard InChI is InChI=1S/C9H9NO2.ClH/c1-7-3-2-6-10-8(7)4-5-9(11)12;/h2-6H,1H3,(H,11,12);1H/b5-4+;. The maximum atomic E-state index is 10.2. The van der Waals surface area contributed by atoms with E-state index in [4.69, 9.17) is 5.11 Å². The first kappa shape index (κ1) is 11.6. The molecule has 70 valence electrons. The van der Waals surface area contributed by atoms with E-state index in [2.05, 4.69) is 4.98 Å². The first-order valence-corrected chi connectivity index (χ1v) is 3.53. The molecule has 0 aliphatic carbocycles. The summed E-state index contributed by atoms with van der Waals surface area (Å²) < 4.78 is 0. The highest BCUT2D eigenvalue weighted by atomic mass is 35.5. The maximum absolute atomic E-state index is 10.2. The smallest absolute Gasteiger partial charge is 0.328 e. The van der Waals surface area contributed by atoms with Crippen LogP contribution in [0.4, 0.5) is 0 Å². The normalized spacial score (nSPS) is 9.62. The molecular formula is C9H10ClNO2. The van der Waals surface area contributed by atoms with Gasteiger partial charge in [-0.05, 0) is 24.6 Å². The molecule has 13 heavy (non-hydrogen) atoms. The van der Waals surface area contributed by atoms with Crippen molar-refractivity contribution in [1.29, 1.82) is 0 Å². The van der Waals surface area contributed by atoms with Gasteiger partial charge in [-0.15, -0.1) is 12.4 Å². The van der Waals surface area contributed by atoms with Gasteiger partial charge in [0.2, 0.25) is 0 Å². The van der Waals surface area contributed by atoms with Gasteiger partial charge in [-0.3, -0.25) is 4.98 Å². The number of carboxylic acids is 1. The van der Waals surface area contributed by atoms with E-state index in [9.17, 15) is 4.79 Å². The number of hydrogen-bond acceptors (Lipinski definition) is 2. The Labute approximate surface area is 82.5 Å². The molecule has 1 heterocycles. The molecule has 0 aliphatic heterocycles. The van der Waals surface area contributed by atoms with E-state index in [1.807, 2.05) is 19.1 Å². The molecule has 0 saturated carbocycles. The van der Waals surface area contributed by atoms with E-state index in [-0.39, 0.29) is 12.4 Å². The Balaban J connectivity index is 0.00000144. The molecule has 0 atom stereocenters. The van der Waals surface area contributed by atoms with E-state index in [1.54, 1.807) is 6.20 Å². The average molecular weight is 200 g/mol. The number of hydrogen-bond donors (Lipinski definition) is 1. The van der Waals surface area contributed by atoms with Crippen molar-refractivity contribution in [2.24, 2.45) is 0 Å². The van der Waals surface area contributed by atoms with Crippen LogP contribution in [-0.2, 0) is 4.79 Å². The molecule has 1 N–H and O–H groups in total. The third kappa shape index (κ3) is 3.71. The molecule has 1 aromatic rings. The summed E-state index contributed by atoms with van der Waals surface area (Å²) in [6, 6.07) is 3.70. The van der Waals surface area contributed by atoms with Gasteiger partial charge in [0, 0.05) is 12.3 Å². The van der Waals surface area contributed by atoms with E-state index < -0.39 is 5.97 Å². The minimum Gasteiger partial charge on any atom is -0.478 e. The predicted octanol–water partition coefficient (Wildman–Crippen LogP) is 1.91. The summed E-state index contributed by atoms with van der Waals surface area (Å²) in [7, 11) is 0. The highest BCUT2D eigenvalue weighted by molar-refractivity contribution is 5.85. The molecule has 0 fully saturated rings. The van der Waals surface area contributed by atoms with Crippen LogP contribution in [0, 0.1) is 6.92 Å². The Morgan fingerprint density at radius 3 is 2.85 bits per heavy atom. The molecule has 0 spiro atoms. The Hall–Kier alpha value is -1.35. The molecule has 0 aliphatic rings. The fraction of sp³-hybridized carbons (Fsp3) is 0.111. The number of carbonyl (C=O) groups is 1. The van der Waals surface area contributed by atoms with Gasteiger partial charge in [0.25, 0.3) is 0 Å². The van der Waals surface area contributed by atoms with Crippen molar-refractivity contribution >= 4 is 24.5 Å². The summed E-state index contributed by atoms with van der Waals surface area (Å²) in [5.41, 5.74) is 1.66. The van der Waals surface area contributed by atoms with Crippen molar-refractivity contribution < 1.29 is 9.90 Å². The zero-order valence-electron chi connectivity index (χ0n) is 7.10. The fourth-order valence-corrected chi connectivity index (χ4v) is 0.823. The van der Waals surface area contributed by atoms with Gasteiger partial charge in [-0.25, -0.2) is 4.79 Å². The number of aryl methyl sites for hydroxylation is 1. The van der Waals surface area contributed by atoms with Crippen LogP contribution in [0.1, 0.15) is 11.3 Å². The summed E-state index contributed by atoms with van der Waals surface area (Å²) >= 11 is 0. The SMILES string of the molecule is Cc1cccnc1/C=C/C(=O)O.Cl. The Kier molecular flexibility index (Phi) is 4.77. The van der Waals surface area contributed by atoms with E-state index in [0.29, 0.717) is 5.69 Å². The van der Waals surface area contributed by atoms with Crippen LogP contribution in [0.5, 0.6) is 0 Å². The molecule has 1 aromatic heterocycles.